The number of rotatable bonds is 9. The molecule has 1 fully saturated rings. The van der Waals surface area contributed by atoms with E-state index in [1.54, 1.807) is 26.0 Å². The number of aromatic nitrogens is 2. The maximum Gasteiger partial charge on any atom is 0.573 e. The molecule has 3 N–H and O–H groups in total. The smallest absolute Gasteiger partial charge is 0.478 e. The highest BCUT2D eigenvalue weighted by Crippen LogP contribution is 2.37. The molecule has 0 spiro atoms. The number of carbonyl (C=O) groups excluding carboxylic acids is 2. The van der Waals surface area contributed by atoms with Gasteiger partial charge in [-0.2, -0.15) is 0 Å². The number of aromatic carboxylic acids is 1. The van der Waals surface area contributed by atoms with Crippen LogP contribution in [0.1, 0.15) is 42.5 Å². The fraction of sp³-hybridized carbons (Fsp3) is 0.379. The van der Waals surface area contributed by atoms with E-state index in [1.807, 2.05) is 0 Å². The van der Waals surface area contributed by atoms with E-state index >= 15 is 0 Å². The molecule has 242 valence electrons. The first-order valence-electron chi connectivity index (χ1n) is 13.6. The van der Waals surface area contributed by atoms with Crippen molar-refractivity contribution < 1.29 is 50.6 Å². The number of hydrogen-bond donors (Lipinski definition) is 3. The number of carbonyl (C=O) groups is 3. The van der Waals surface area contributed by atoms with Crippen LogP contribution in [0.15, 0.2) is 48.7 Å². The molecule has 45 heavy (non-hydrogen) atoms. The molecule has 1 saturated heterocycles. The molecule has 0 bridgehead atoms. The van der Waals surface area contributed by atoms with Crippen LogP contribution in [0.2, 0.25) is 0 Å². The molecule has 2 aromatic carbocycles. The number of likely N-dealkylation sites (tertiary alicyclic amines) is 1. The van der Waals surface area contributed by atoms with Crippen LogP contribution in [0.3, 0.4) is 0 Å². The molecular weight excluding hydrogens is 621 g/mol. The van der Waals surface area contributed by atoms with Crippen molar-refractivity contribution in [2.75, 3.05) is 19.9 Å². The number of halogens is 3. The van der Waals surface area contributed by atoms with Crippen LogP contribution in [0.4, 0.5) is 18.0 Å². The Kier molecular flexibility index (Phi) is 9.46. The Bertz CT molecular complexity index is 1690. The van der Waals surface area contributed by atoms with E-state index in [2.05, 4.69) is 24.8 Å². The number of methoxy groups -OCH3 is 1. The summed E-state index contributed by atoms with van der Waals surface area (Å²) in [5.74, 6) is -2.63. The lowest BCUT2D eigenvalue weighted by Crippen LogP contribution is -2.51. The molecule has 2 heterocycles. The van der Waals surface area contributed by atoms with Gasteiger partial charge in [0.05, 0.1) is 35.9 Å². The normalized spacial score (nSPS) is 17.6. The quantitative estimate of drug-likeness (QED) is 0.303. The zero-order valence-corrected chi connectivity index (χ0v) is 25.4. The minimum atomic E-state index is -5.05. The third kappa shape index (κ3) is 7.74. The van der Waals surface area contributed by atoms with Crippen molar-refractivity contribution in [3.63, 3.8) is 0 Å². The second-order valence-corrected chi connectivity index (χ2v) is 13.2. The minimum absolute atomic E-state index is 0.0152. The van der Waals surface area contributed by atoms with Crippen molar-refractivity contribution >= 4 is 27.8 Å². The molecule has 0 radical (unpaired) electrons. The number of H-pyrrole nitrogens is 1. The molecule has 0 saturated carbocycles. The van der Waals surface area contributed by atoms with E-state index in [0.717, 1.165) is 19.4 Å². The molecule has 12 nitrogen and oxygen atoms in total. The monoisotopic (exact) mass is 652 g/mol. The molecule has 1 aromatic heterocycles. The Balaban J connectivity index is 1.64. The molecule has 0 aliphatic carbocycles. The van der Waals surface area contributed by atoms with E-state index in [-0.39, 0.29) is 30.0 Å². The fourth-order valence-corrected chi connectivity index (χ4v) is 6.04. The van der Waals surface area contributed by atoms with Crippen LogP contribution in [0.5, 0.6) is 5.75 Å². The van der Waals surface area contributed by atoms with E-state index in [0.29, 0.717) is 22.6 Å². The Morgan fingerprint density at radius 1 is 1.11 bits per heavy atom. The summed E-state index contributed by atoms with van der Waals surface area (Å²) >= 11 is 0. The van der Waals surface area contributed by atoms with Crippen LogP contribution >= 0.6 is 0 Å². The highest BCUT2D eigenvalue weighted by atomic mass is 32.2. The Morgan fingerprint density at radius 3 is 2.31 bits per heavy atom. The summed E-state index contributed by atoms with van der Waals surface area (Å²) in [5, 5.41) is 10.8. The molecule has 2 amide bonds. The second kappa shape index (κ2) is 12.8. The van der Waals surface area contributed by atoms with Crippen LogP contribution < -0.4 is 10.1 Å². The molecule has 1 unspecified atom stereocenters. The van der Waals surface area contributed by atoms with E-state index in [4.69, 9.17) is 0 Å². The van der Waals surface area contributed by atoms with Gasteiger partial charge in [0.2, 0.25) is 5.91 Å². The van der Waals surface area contributed by atoms with Gasteiger partial charge in [0.15, 0.2) is 9.84 Å². The number of amides is 2. The third-order valence-corrected chi connectivity index (χ3v) is 8.97. The lowest BCUT2D eigenvalue weighted by atomic mass is 10.0. The van der Waals surface area contributed by atoms with E-state index < -0.39 is 57.3 Å². The average Bonchev–Trinajstić information content (AvgIpc) is 3.62. The summed E-state index contributed by atoms with van der Waals surface area (Å²) in [4.78, 5) is 45.7. The van der Waals surface area contributed by atoms with Gasteiger partial charge < -0.3 is 29.8 Å². The SMILES string of the molecule is COC(=O)NC(C(=O)N1C[C@@H](S(C)(=O)=O)C[C@H]1c1ncc(-c2ccc(-c3ccc(C(=O)O)cc3OC(F)(F)F)cc2)[nH]1)C(C)C. The van der Waals surface area contributed by atoms with Gasteiger partial charge in [0, 0.05) is 18.4 Å². The van der Waals surface area contributed by atoms with Crippen LogP contribution in [-0.2, 0) is 19.4 Å². The Morgan fingerprint density at radius 2 is 1.76 bits per heavy atom. The number of nitrogens with one attached hydrogen (secondary N) is 2. The molecule has 4 rings (SSSR count). The lowest BCUT2D eigenvalue weighted by Gasteiger charge is -2.30. The summed E-state index contributed by atoms with van der Waals surface area (Å²) in [6.07, 6.45) is -3.23. The summed E-state index contributed by atoms with van der Waals surface area (Å²) in [6.45, 7) is 3.35. The number of alkyl carbamates (subject to hydrolysis) is 1. The first-order valence-corrected chi connectivity index (χ1v) is 15.6. The van der Waals surface area contributed by atoms with Crippen molar-refractivity contribution in [2.24, 2.45) is 5.92 Å². The van der Waals surface area contributed by atoms with Crippen LogP contribution in [0, 0.1) is 5.92 Å². The van der Waals surface area contributed by atoms with Gasteiger partial charge in [-0.3, -0.25) is 4.79 Å². The van der Waals surface area contributed by atoms with Gasteiger partial charge in [0.1, 0.15) is 17.6 Å². The molecule has 1 aliphatic heterocycles. The summed E-state index contributed by atoms with van der Waals surface area (Å²) < 4.78 is 72.8. The molecular formula is C29H31F3N4O8S. The summed E-state index contributed by atoms with van der Waals surface area (Å²) in [6, 6.07) is 7.66. The summed E-state index contributed by atoms with van der Waals surface area (Å²) in [7, 11) is -2.38. The number of hydrogen-bond acceptors (Lipinski definition) is 8. The largest absolute Gasteiger partial charge is 0.573 e. The van der Waals surface area contributed by atoms with Crippen molar-refractivity contribution in [3.8, 4) is 28.1 Å². The summed E-state index contributed by atoms with van der Waals surface area (Å²) in [5.41, 5.74) is 1.00. The highest BCUT2D eigenvalue weighted by Gasteiger charge is 2.44. The maximum atomic E-state index is 13.6. The standard InChI is InChI=1S/C29H31F3N4O8S/c1-15(2)24(35-28(40)43-3)26(37)36-14-19(45(4,41)42)12-22(36)25-33-13-21(34-25)17-7-5-16(6-8-17)20-10-9-18(27(38)39)11-23(20)44-29(30,31)32/h5-11,13,15,19,22,24H,12,14H2,1-4H3,(H,33,34)(H,35,40)(H,38,39)/t19-,22-,24?/m0/s1. The Labute approximate surface area is 256 Å². The maximum absolute atomic E-state index is 13.6. The highest BCUT2D eigenvalue weighted by molar-refractivity contribution is 7.91. The lowest BCUT2D eigenvalue weighted by molar-refractivity contribution is -0.274. The zero-order chi connectivity index (χ0) is 33.3. The number of benzene rings is 2. The van der Waals surface area contributed by atoms with Crippen molar-refractivity contribution in [2.45, 2.75) is 44.0 Å². The topological polar surface area (TPSA) is 168 Å². The predicted octanol–water partition coefficient (Wildman–Crippen LogP) is 4.41. The van der Waals surface area contributed by atoms with Crippen LogP contribution in [-0.4, -0.2) is 83.9 Å². The molecule has 16 heteroatoms. The van der Waals surface area contributed by atoms with Gasteiger partial charge >= 0.3 is 18.4 Å². The van der Waals surface area contributed by atoms with Gasteiger partial charge in [-0.1, -0.05) is 38.1 Å². The van der Waals surface area contributed by atoms with Gasteiger partial charge in [-0.15, -0.1) is 13.2 Å². The van der Waals surface area contributed by atoms with Gasteiger partial charge in [0.25, 0.3) is 0 Å². The zero-order valence-electron chi connectivity index (χ0n) is 24.6. The first-order chi connectivity index (χ1) is 21.0. The fourth-order valence-electron chi connectivity index (χ4n) is 5.07. The number of alkyl halides is 3. The van der Waals surface area contributed by atoms with Crippen molar-refractivity contribution in [1.82, 2.24) is 20.2 Å². The number of carboxylic acid groups (broad SMARTS) is 1. The number of ether oxygens (including phenoxy) is 2. The van der Waals surface area contributed by atoms with Crippen molar-refractivity contribution in [3.05, 3.63) is 60.0 Å². The number of imidazole rings is 1. The van der Waals surface area contributed by atoms with E-state index in [1.165, 1.54) is 35.4 Å². The molecule has 3 atom stereocenters. The van der Waals surface area contributed by atoms with Crippen molar-refractivity contribution in [1.29, 1.82) is 0 Å². The number of nitrogens with zero attached hydrogens (tertiary/aromatic N) is 2. The molecule has 3 aromatic rings. The molecule has 1 aliphatic rings. The second-order valence-electron chi connectivity index (χ2n) is 10.9. The first kappa shape index (κ1) is 33.3. The van der Waals surface area contributed by atoms with Gasteiger partial charge in [-0.05, 0) is 41.7 Å². The number of carboxylic acids is 1. The van der Waals surface area contributed by atoms with Gasteiger partial charge in [-0.25, -0.2) is 23.0 Å². The number of aromatic amines is 1. The Hall–Kier alpha value is -4.60. The number of sulfone groups is 1. The van der Waals surface area contributed by atoms with Crippen LogP contribution in [0.25, 0.3) is 22.4 Å². The third-order valence-electron chi connectivity index (χ3n) is 7.42. The average molecular weight is 653 g/mol. The minimum Gasteiger partial charge on any atom is -0.478 e. The van der Waals surface area contributed by atoms with E-state index in [9.17, 15) is 41.1 Å². The predicted molar refractivity (Wildman–Crippen MR) is 155 cm³/mol.